The van der Waals surface area contributed by atoms with Crippen LogP contribution >= 0.6 is 7.67 Å². The first-order valence-electron chi connectivity index (χ1n) is 13.8. The Labute approximate surface area is 254 Å². The Morgan fingerprint density at radius 3 is 2.16 bits per heavy atom. The van der Waals surface area contributed by atoms with Crippen molar-refractivity contribution in [3.05, 3.63) is 33.2 Å². The number of nitrogens with two attached hydrogens (primary N) is 1. The largest absolute Gasteiger partial charge is 0.465 e. The number of carbonyl (C=O) groups is 2. The molecule has 44 heavy (non-hydrogen) atoms. The highest BCUT2D eigenvalue weighted by molar-refractivity contribution is 7.54. The fourth-order valence-electron chi connectivity index (χ4n) is 3.56. The zero-order valence-corrected chi connectivity index (χ0v) is 26.6. The molecule has 1 aromatic rings. The monoisotopic (exact) mass is 648 g/mol. The second kappa shape index (κ2) is 15.3. The van der Waals surface area contributed by atoms with Crippen LogP contribution in [0.4, 0.5) is 10.2 Å². The minimum absolute atomic E-state index is 0.146. The standard InChI is InChI=1S/C25H42FN8O9P/c1-23(2,3)13-40-17(35)7-10-29-44(39,30-11-8-18(36)41-14-24(4,5)6)42-15-25(32-33-28)20(37)19(26)21(43-25)34-12-9-16(27)31-22(34)38/h9,12,19-21,37H,7-8,10-11,13-15H2,1-6H3,(H2,27,31,38)(H2,29,30,39)/t19-,20+,21-,25-/m1/s1. The van der Waals surface area contributed by atoms with Gasteiger partial charge in [-0.15, -0.1) is 0 Å². The van der Waals surface area contributed by atoms with Gasteiger partial charge in [-0.05, 0) is 22.4 Å². The summed E-state index contributed by atoms with van der Waals surface area (Å²) in [4.78, 5) is 42.7. The number of rotatable bonds is 15. The highest BCUT2D eigenvalue weighted by Crippen LogP contribution is 2.45. The Bertz CT molecular complexity index is 1270. The average Bonchev–Trinajstić information content (AvgIpc) is 3.14. The van der Waals surface area contributed by atoms with Crippen molar-refractivity contribution in [2.24, 2.45) is 15.9 Å². The smallest absolute Gasteiger partial charge is 0.351 e. The third kappa shape index (κ3) is 11.4. The minimum Gasteiger partial charge on any atom is -0.465 e. The molecule has 0 aromatic carbocycles. The number of aromatic nitrogens is 2. The number of anilines is 1. The van der Waals surface area contributed by atoms with Gasteiger partial charge in [-0.25, -0.2) is 19.4 Å². The predicted octanol–water partition coefficient (Wildman–Crippen LogP) is 2.32. The van der Waals surface area contributed by atoms with Gasteiger partial charge in [-0.1, -0.05) is 46.7 Å². The lowest BCUT2D eigenvalue weighted by molar-refractivity contribution is -0.147. The van der Waals surface area contributed by atoms with E-state index in [9.17, 15) is 29.6 Å². The topological polar surface area (TPSA) is 242 Å². The second-order valence-corrected chi connectivity index (χ2v) is 14.6. The summed E-state index contributed by atoms with van der Waals surface area (Å²) in [7, 11) is -4.22. The fourth-order valence-corrected chi connectivity index (χ4v) is 5.04. The van der Waals surface area contributed by atoms with Crippen LogP contribution in [0.15, 0.2) is 22.2 Å². The van der Waals surface area contributed by atoms with Crippen molar-refractivity contribution in [1.82, 2.24) is 19.7 Å². The van der Waals surface area contributed by atoms with Gasteiger partial charge in [0.1, 0.15) is 11.9 Å². The third-order valence-electron chi connectivity index (χ3n) is 5.78. The molecule has 0 spiro atoms. The first kappa shape index (κ1) is 37.1. The molecule has 4 atom stereocenters. The summed E-state index contributed by atoms with van der Waals surface area (Å²) in [6, 6.07) is 1.19. The Hall–Kier alpha value is -3.11. The molecule has 17 nitrogen and oxygen atoms in total. The van der Waals surface area contributed by atoms with Crippen molar-refractivity contribution in [3.63, 3.8) is 0 Å². The van der Waals surface area contributed by atoms with E-state index in [2.05, 4.69) is 25.2 Å². The zero-order chi connectivity index (χ0) is 33.3. The van der Waals surface area contributed by atoms with E-state index in [4.69, 9.17) is 24.5 Å². The summed E-state index contributed by atoms with van der Waals surface area (Å²) < 4.78 is 51.1. The molecule has 1 saturated heterocycles. The van der Waals surface area contributed by atoms with Crippen molar-refractivity contribution in [2.45, 2.75) is 78.6 Å². The van der Waals surface area contributed by atoms with Gasteiger partial charge in [0.2, 0.25) is 5.72 Å². The number of carbonyl (C=O) groups excluding carboxylic acids is 2. The summed E-state index contributed by atoms with van der Waals surface area (Å²) >= 11 is 0. The molecule has 0 radical (unpaired) electrons. The first-order chi connectivity index (χ1) is 20.3. The van der Waals surface area contributed by atoms with Gasteiger partial charge in [-0.3, -0.25) is 18.7 Å². The summed E-state index contributed by atoms with van der Waals surface area (Å²) in [5.41, 5.74) is 10.6. The molecule has 1 fully saturated rings. The molecule has 2 rings (SSSR count). The maximum Gasteiger partial charge on any atom is 0.351 e. The lowest BCUT2D eigenvalue weighted by Crippen LogP contribution is -2.45. The van der Waals surface area contributed by atoms with Gasteiger partial charge in [-0.2, -0.15) is 4.98 Å². The lowest BCUT2D eigenvalue weighted by atomic mass is 9.99. The van der Waals surface area contributed by atoms with Crippen LogP contribution in [-0.4, -0.2) is 77.5 Å². The maximum atomic E-state index is 15.2. The van der Waals surface area contributed by atoms with Crippen LogP contribution in [0.2, 0.25) is 0 Å². The highest BCUT2D eigenvalue weighted by Gasteiger charge is 2.57. The highest BCUT2D eigenvalue weighted by atomic mass is 31.2. The number of ether oxygens (including phenoxy) is 3. The molecule has 248 valence electrons. The molecule has 2 heterocycles. The van der Waals surface area contributed by atoms with Gasteiger partial charge in [0.05, 0.1) is 32.7 Å². The first-order valence-corrected chi connectivity index (χ1v) is 15.4. The minimum atomic E-state index is -4.22. The van der Waals surface area contributed by atoms with Crippen molar-refractivity contribution in [3.8, 4) is 0 Å². The zero-order valence-electron chi connectivity index (χ0n) is 25.7. The van der Waals surface area contributed by atoms with E-state index in [0.29, 0.717) is 4.57 Å². The second-order valence-electron chi connectivity index (χ2n) is 12.6. The molecule has 0 unspecified atom stereocenters. The van der Waals surface area contributed by atoms with E-state index >= 15 is 4.39 Å². The number of alkyl halides is 1. The van der Waals surface area contributed by atoms with E-state index in [1.165, 1.54) is 6.07 Å². The SMILES string of the molecule is CC(C)(C)COC(=O)CCNP(=O)(NCCC(=O)OCC(C)(C)C)OC[C@@]1(N=[N+]=[N-])O[C@@H](n2ccc(N)nc2=O)[C@H](F)[C@@H]1O. The van der Waals surface area contributed by atoms with E-state index in [1.807, 2.05) is 41.5 Å². The van der Waals surface area contributed by atoms with Crippen molar-refractivity contribution in [1.29, 1.82) is 0 Å². The Morgan fingerprint density at radius 2 is 1.70 bits per heavy atom. The van der Waals surface area contributed by atoms with E-state index in [-0.39, 0.29) is 55.8 Å². The summed E-state index contributed by atoms with van der Waals surface area (Å²) in [5.74, 6) is -1.32. The van der Waals surface area contributed by atoms with Crippen molar-refractivity contribution < 1.29 is 42.4 Å². The molecular weight excluding hydrogens is 606 g/mol. The number of nitrogens with zero attached hydrogens (tertiary/aromatic N) is 5. The van der Waals surface area contributed by atoms with Gasteiger partial charge >= 0.3 is 25.3 Å². The van der Waals surface area contributed by atoms with Crippen LogP contribution in [0.5, 0.6) is 0 Å². The fraction of sp³-hybridized carbons (Fsp3) is 0.760. The number of hydrogen-bond acceptors (Lipinski definition) is 12. The lowest BCUT2D eigenvalue weighted by Gasteiger charge is -2.29. The van der Waals surface area contributed by atoms with Gasteiger partial charge < -0.3 is 29.6 Å². The van der Waals surface area contributed by atoms with Crippen LogP contribution in [0.25, 0.3) is 10.4 Å². The van der Waals surface area contributed by atoms with Crippen LogP contribution in [-0.2, 0) is 32.9 Å². The molecule has 0 aliphatic carbocycles. The van der Waals surface area contributed by atoms with Gasteiger partial charge in [0.15, 0.2) is 12.4 Å². The maximum absolute atomic E-state index is 15.2. The normalized spacial score (nSPS) is 22.3. The van der Waals surface area contributed by atoms with Crippen LogP contribution < -0.4 is 21.6 Å². The number of hydrogen-bond donors (Lipinski definition) is 4. The molecule has 5 N–H and O–H groups in total. The number of nitrogens with one attached hydrogen (secondary N) is 2. The molecule has 1 aromatic heterocycles. The molecule has 0 saturated carbocycles. The molecule has 19 heteroatoms. The third-order valence-corrected chi connectivity index (χ3v) is 7.56. The Morgan fingerprint density at radius 1 is 1.18 bits per heavy atom. The van der Waals surface area contributed by atoms with Crippen LogP contribution in [0.1, 0.15) is 60.6 Å². The van der Waals surface area contributed by atoms with Crippen LogP contribution in [0.3, 0.4) is 0 Å². The van der Waals surface area contributed by atoms with E-state index in [0.717, 1.165) is 6.20 Å². The van der Waals surface area contributed by atoms with Crippen molar-refractivity contribution >= 4 is 25.4 Å². The Balaban J connectivity index is 2.20. The van der Waals surface area contributed by atoms with Crippen molar-refractivity contribution in [2.75, 3.05) is 38.6 Å². The quantitative estimate of drug-likeness (QED) is 0.0702. The number of aliphatic hydroxyl groups excluding tert-OH is 1. The summed E-state index contributed by atoms with van der Waals surface area (Å²) in [6.07, 6.45) is -5.67. The summed E-state index contributed by atoms with van der Waals surface area (Å²) in [6.45, 7) is 10.1. The van der Waals surface area contributed by atoms with E-state index in [1.54, 1.807) is 0 Å². The number of nitrogen functional groups attached to an aromatic ring is 1. The van der Waals surface area contributed by atoms with Crippen LogP contribution in [0, 0.1) is 10.8 Å². The number of esters is 2. The number of azide groups is 1. The molecule has 0 amide bonds. The van der Waals surface area contributed by atoms with E-state index < -0.39 is 56.1 Å². The number of aliphatic hydroxyl groups is 1. The average molecular weight is 649 g/mol. The molecule has 0 bridgehead atoms. The Kier molecular flexibility index (Phi) is 12.9. The molecular formula is C25H42FN8O9P. The summed E-state index contributed by atoms with van der Waals surface area (Å²) in [5, 5.41) is 19.2. The molecule has 1 aliphatic rings. The predicted molar refractivity (Wildman–Crippen MR) is 155 cm³/mol. The molecule has 1 aliphatic heterocycles. The van der Waals surface area contributed by atoms with Gasteiger partial charge in [0, 0.05) is 24.2 Å². The van der Waals surface area contributed by atoms with Gasteiger partial charge in [0.25, 0.3) is 0 Å². The number of halogens is 1.